The summed E-state index contributed by atoms with van der Waals surface area (Å²) in [6.07, 6.45) is 1.71. The van der Waals surface area contributed by atoms with E-state index < -0.39 is 21.9 Å². The van der Waals surface area contributed by atoms with Gasteiger partial charge in [-0.1, -0.05) is 0 Å². The largest absolute Gasteiger partial charge is 0.493 e. The number of anilines is 1. The van der Waals surface area contributed by atoms with E-state index in [2.05, 4.69) is 5.32 Å². The molecule has 1 aliphatic rings. The third-order valence-corrected chi connectivity index (χ3v) is 7.31. The van der Waals surface area contributed by atoms with Crippen molar-refractivity contribution in [3.05, 3.63) is 41.5 Å². The van der Waals surface area contributed by atoms with Gasteiger partial charge in [-0.05, 0) is 43.5 Å². The SMILES string of the molecule is COC(=O)c1cc(OC)c(OC)cc1NC(=O)COc1ccc(S(=O)(=O)N2CCCC2)cc1C. The molecule has 1 heterocycles. The van der Waals surface area contributed by atoms with Gasteiger partial charge >= 0.3 is 5.97 Å². The van der Waals surface area contributed by atoms with Gasteiger partial charge in [0, 0.05) is 25.2 Å². The van der Waals surface area contributed by atoms with E-state index in [9.17, 15) is 18.0 Å². The van der Waals surface area contributed by atoms with Crippen molar-refractivity contribution < 1.29 is 37.0 Å². The lowest BCUT2D eigenvalue weighted by atomic mass is 10.1. The number of amides is 1. The van der Waals surface area contributed by atoms with Crippen LogP contribution in [0.15, 0.2) is 35.2 Å². The van der Waals surface area contributed by atoms with Crippen LogP contribution in [0.1, 0.15) is 28.8 Å². The second-order valence-electron chi connectivity index (χ2n) is 7.62. The number of carbonyl (C=O) groups is 2. The molecule has 1 aliphatic heterocycles. The van der Waals surface area contributed by atoms with Crippen molar-refractivity contribution >= 4 is 27.6 Å². The molecule has 10 nitrogen and oxygen atoms in total. The van der Waals surface area contributed by atoms with Crippen molar-refractivity contribution in [2.24, 2.45) is 0 Å². The molecule has 1 fully saturated rings. The highest BCUT2D eigenvalue weighted by Crippen LogP contribution is 2.34. The van der Waals surface area contributed by atoms with Gasteiger partial charge in [0.15, 0.2) is 18.1 Å². The van der Waals surface area contributed by atoms with Gasteiger partial charge in [-0.2, -0.15) is 4.31 Å². The maximum Gasteiger partial charge on any atom is 0.340 e. The molecule has 184 valence electrons. The van der Waals surface area contributed by atoms with E-state index in [4.69, 9.17) is 18.9 Å². The molecule has 0 spiro atoms. The van der Waals surface area contributed by atoms with Crippen LogP contribution in [0, 0.1) is 6.92 Å². The second-order valence-corrected chi connectivity index (χ2v) is 9.56. The van der Waals surface area contributed by atoms with Crippen molar-refractivity contribution in [3.8, 4) is 17.2 Å². The molecule has 0 aliphatic carbocycles. The van der Waals surface area contributed by atoms with Gasteiger partial charge in [0.2, 0.25) is 10.0 Å². The van der Waals surface area contributed by atoms with Crippen LogP contribution in [0.25, 0.3) is 0 Å². The number of methoxy groups -OCH3 is 3. The van der Waals surface area contributed by atoms with Gasteiger partial charge in [-0.15, -0.1) is 0 Å². The summed E-state index contributed by atoms with van der Waals surface area (Å²) in [4.78, 5) is 24.9. The minimum Gasteiger partial charge on any atom is -0.493 e. The third kappa shape index (κ3) is 5.42. The highest BCUT2D eigenvalue weighted by atomic mass is 32.2. The van der Waals surface area contributed by atoms with Crippen LogP contribution >= 0.6 is 0 Å². The molecule has 0 saturated carbocycles. The van der Waals surface area contributed by atoms with E-state index >= 15 is 0 Å². The number of benzene rings is 2. The zero-order valence-corrected chi connectivity index (χ0v) is 20.4. The van der Waals surface area contributed by atoms with Gasteiger partial charge in [0.05, 0.1) is 37.5 Å². The standard InChI is InChI=1S/C23H28N2O8S/c1-15-11-16(34(28,29)25-9-5-6-10-25)7-8-19(15)33-14-22(26)24-18-13-21(31-3)20(30-2)12-17(18)23(27)32-4/h7-8,11-13H,5-6,9-10,14H2,1-4H3,(H,24,26). The quantitative estimate of drug-likeness (QED) is 0.531. The number of aryl methyl sites for hydroxylation is 1. The average Bonchev–Trinajstić information content (AvgIpc) is 3.38. The van der Waals surface area contributed by atoms with Gasteiger partial charge in [0.1, 0.15) is 5.75 Å². The van der Waals surface area contributed by atoms with Gasteiger partial charge in [-0.25, -0.2) is 13.2 Å². The lowest BCUT2D eigenvalue weighted by Crippen LogP contribution is -2.28. The fourth-order valence-corrected chi connectivity index (χ4v) is 5.22. The van der Waals surface area contributed by atoms with Crippen molar-refractivity contribution in [3.63, 3.8) is 0 Å². The maximum absolute atomic E-state index is 12.7. The summed E-state index contributed by atoms with van der Waals surface area (Å²) >= 11 is 0. The molecule has 0 radical (unpaired) electrons. The summed E-state index contributed by atoms with van der Waals surface area (Å²) in [5.41, 5.74) is 0.831. The molecule has 0 bridgehead atoms. The average molecular weight is 493 g/mol. The lowest BCUT2D eigenvalue weighted by molar-refractivity contribution is -0.118. The first-order chi connectivity index (χ1) is 16.2. The monoisotopic (exact) mass is 492 g/mol. The number of hydrogen-bond acceptors (Lipinski definition) is 8. The molecule has 2 aromatic rings. The first-order valence-corrected chi connectivity index (χ1v) is 12.0. The molecule has 1 N–H and O–H groups in total. The molecule has 2 aromatic carbocycles. The maximum atomic E-state index is 12.7. The lowest BCUT2D eigenvalue weighted by Gasteiger charge is -2.17. The molecular formula is C23H28N2O8S. The predicted octanol–water partition coefficient (Wildman–Crippen LogP) is 2.60. The first kappa shape index (κ1) is 25.3. The Morgan fingerprint density at radius 3 is 2.21 bits per heavy atom. The highest BCUT2D eigenvalue weighted by Gasteiger charge is 2.27. The van der Waals surface area contributed by atoms with Crippen LogP contribution in [0.5, 0.6) is 17.2 Å². The number of esters is 1. The molecular weight excluding hydrogens is 464 g/mol. The van der Waals surface area contributed by atoms with Crippen molar-refractivity contribution in [1.82, 2.24) is 4.31 Å². The van der Waals surface area contributed by atoms with E-state index in [1.54, 1.807) is 6.92 Å². The van der Waals surface area contributed by atoms with E-state index in [0.29, 0.717) is 35.9 Å². The van der Waals surface area contributed by atoms with Crippen molar-refractivity contribution in [2.75, 3.05) is 46.3 Å². The van der Waals surface area contributed by atoms with E-state index in [-0.39, 0.29) is 22.8 Å². The summed E-state index contributed by atoms with van der Waals surface area (Å²) in [6.45, 7) is 2.38. The third-order valence-electron chi connectivity index (χ3n) is 5.41. The molecule has 34 heavy (non-hydrogen) atoms. The molecule has 1 saturated heterocycles. The number of nitrogens with one attached hydrogen (secondary N) is 1. The fourth-order valence-electron chi connectivity index (χ4n) is 3.61. The molecule has 0 aromatic heterocycles. The Balaban J connectivity index is 1.72. The molecule has 1 amide bonds. The highest BCUT2D eigenvalue weighted by molar-refractivity contribution is 7.89. The van der Waals surface area contributed by atoms with Crippen LogP contribution < -0.4 is 19.5 Å². The Kier molecular flexibility index (Phi) is 8.00. The van der Waals surface area contributed by atoms with Gasteiger partial charge in [-0.3, -0.25) is 4.79 Å². The van der Waals surface area contributed by atoms with E-state index in [1.165, 1.54) is 56.0 Å². The summed E-state index contributed by atoms with van der Waals surface area (Å²) in [7, 11) is 0.538. The van der Waals surface area contributed by atoms with Crippen LogP contribution in [-0.4, -0.2) is 65.6 Å². The normalized spacial score (nSPS) is 13.9. The number of ether oxygens (including phenoxy) is 4. The molecule has 0 atom stereocenters. The molecule has 3 rings (SSSR count). The molecule has 11 heteroatoms. The van der Waals surface area contributed by atoms with Gasteiger partial charge in [0.25, 0.3) is 5.91 Å². The summed E-state index contributed by atoms with van der Waals surface area (Å²) in [5, 5.41) is 2.61. The van der Waals surface area contributed by atoms with E-state index in [1.807, 2.05) is 0 Å². The zero-order valence-electron chi connectivity index (χ0n) is 19.5. The van der Waals surface area contributed by atoms with Crippen LogP contribution in [-0.2, 0) is 19.6 Å². The Labute approximate surface area is 198 Å². The van der Waals surface area contributed by atoms with Crippen LogP contribution in [0.3, 0.4) is 0 Å². The van der Waals surface area contributed by atoms with Crippen molar-refractivity contribution in [1.29, 1.82) is 0 Å². The Bertz CT molecular complexity index is 1170. The summed E-state index contributed by atoms with van der Waals surface area (Å²) in [6, 6.07) is 7.39. The van der Waals surface area contributed by atoms with Crippen LogP contribution in [0.4, 0.5) is 5.69 Å². The zero-order chi connectivity index (χ0) is 24.9. The Morgan fingerprint density at radius 2 is 1.62 bits per heavy atom. The first-order valence-electron chi connectivity index (χ1n) is 10.6. The topological polar surface area (TPSA) is 120 Å². The van der Waals surface area contributed by atoms with Gasteiger partial charge < -0.3 is 24.3 Å². The Hall–Kier alpha value is -3.31. The number of nitrogens with zero attached hydrogens (tertiary/aromatic N) is 1. The second kappa shape index (κ2) is 10.7. The van der Waals surface area contributed by atoms with E-state index in [0.717, 1.165) is 12.8 Å². The predicted molar refractivity (Wildman–Crippen MR) is 124 cm³/mol. The van der Waals surface area contributed by atoms with Crippen LogP contribution in [0.2, 0.25) is 0 Å². The smallest absolute Gasteiger partial charge is 0.340 e. The fraction of sp³-hybridized carbons (Fsp3) is 0.391. The minimum atomic E-state index is -3.55. The number of rotatable bonds is 9. The number of hydrogen-bond donors (Lipinski definition) is 1. The van der Waals surface area contributed by atoms with Crippen molar-refractivity contribution in [2.45, 2.75) is 24.7 Å². The molecule has 0 unspecified atom stereocenters. The minimum absolute atomic E-state index is 0.0844. The summed E-state index contributed by atoms with van der Waals surface area (Å²) < 4.78 is 47.8. The Morgan fingerprint density at radius 1 is 0.971 bits per heavy atom. The number of sulfonamides is 1. The number of carbonyl (C=O) groups excluding carboxylic acids is 2. The summed E-state index contributed by atoms with van der Waals surface area (Å²) in [5.74, 6) is -0.210.